The minimum absolute atomic E-state index is 0.495. The zero-order chi connectivity index (χ0) is 11.8. The average molecular weight is 226 g/mol. The second-order valence-electron chi connectivity index (χ2n) is 6.35. The van der Waals surface area contributed by atoms with Crippen LogP contribution in [0.1, 0.15) is 20.3 Å². The van der Waals surface area contributed by atoms with Gasteiger partial charge >= 0.3 is 0 Å². The van der Waals surface area contributed by atoms with E-state index in [0.717, 1.165) is 6.61 Å². The predicted octanol–water partition coefficient (Wildman–Crippen LogP) is 1.30. The third-order valence-electron chi connectivity index (χ3n) is 4.66. The first kappa shape index (κ1) is 12.3. The van der Waals surface area contributed by atoms with Crippen molar-refractivity contribution < 1.29 is 4.74 Å². The van der Waals surface area contributed by atoms with Gasteiger partial charge in [0.05, 0.1) is 0 Å². The van der Waals surface area contributed by atoms with Crippen molar-refractivity contribution in [2.75, 3.05) is 53.5 Å². The molecule has 0 saturated carbocycles. The number of likely N-dealkylation sites (tertiary alicyclic amines) is 2. The molecule has 0 unspecified atom stereocenters. The highest BCUT2D eigenvalue weighted by atomic mass is 16.5. The molecule has 0 spiro atoms. The van der Waals surface area contributed by atoms with Crippen LogP contribution in [0.15, 0.2) is 0 Å². The Kier molecular flexibility index (Phi) is 3.30. The SMILES string of the molecule is COCCCN1C[C@]2(C)CN(C)C[C@]2(C)C1. The van der Waals surface area contributed by atoms with Crippen LogP contribution in [-0.4, -0.2) is 63.3 Å². The first-order chi connectivity index (χ1) is 7.49. The second-order valence-corrected chi connectivity index (χ2v) is 6.35. The molecule has 2 rings (SSSR count). The lowest BCUT2D eigenvalue weighted by Crippen LogP contribution is -2.34. The van der Waals surface area contributed by atoms with Gasteiger partial charge in [-0.25, -0.2) is 0 Å². The fraction of sp³-hybridized carbons (Fsp3) is 1.00. The third-order valence-corrected chi connectivity index (χ3v) is 4.66. The van der Waals surface area contributed by atoms with Gasteiger partial charge in [0.2, 0.25) is 0 Å². The van der Waals surface area contributed by atoms with Gasteiger partial charge in [0.25, 0.3) is 0 Å². The number of rotatable bonds is 4. The second kappa shape index (κ2) is 4.28. The molecule has 0 bridgehead atoms. The molecule has 2 atom stereocenters. The topological polar surface area (TPSA) is 15.7 Å². The van der Waals surface area contributed by atoms with Crippen LogP contribution in [0.25, 0.3) is 0 Å². The Bertz CT molecular complexity index is 238. The van der Waals surface area contributed by atoms with Gasteiger partial charge in [0, 0.05) is 57.3 Å². The summed E-state index contributed by atoms with van der Waals surface area (Å²) in [6.45, 7) is 12.1. The summed E-state index contributed by atoms with van der Waals surface area (Å²) in [7, 11) is 4.04. The lowest BCUT2D eigenvalue weighted by atomic mass is 9.71. The van der Waals surface area contributed by atoms with Gasteiger partial charge in [-0.1, -0.05) is 13.8 Å². The maximum absolute atomic E-state index is 5.13. The Morgan fingerprint density at radius 2 is 1.62 bits per heavy atom. The van der Waals surface area contributed by atoms with Crippen molar-refractivity contribution in [3.8, 4) is 0 Å². The Balaban J connectivity index is 1.92. The molecule has 2 saturated heterocycles. The lowest BCUT2D eigenvalue weighted by Gasteiger charge is -2.31. The minimum Gasteiger partial charge on any atom is -0.385 e. The molecule has 0 aromatic rings. The van der Waals surface area contributed by atoms with Crippen LogP contribution in [0, 0.1) is 10.8 Å². The van der Waals surface area contributed by atoms with Gasteiger partial charge in [-0.3, -0.25) is 0 Å². The minimum atomic E-state index is 0.495. The number of fused-ring (bicyclic) bond motifs is 1. The molecular weight excluding hydrogens is 200 g/mol. The van der Waals surface area contributed by atoms with Crippen LogP contribution in [0.3, 0.4) is 0 Å². The van der Waals surface area contributed by atoms with Crippen molar-refractivity contribution >= 4 is 0 Å². The molecule has 0 N–H and O–H groups in total. The molecule has 94 valence electrons. The number of hydrogen-bond acceptors (Lipinski definition) is 3. The summed E-state index contributed by atoms with van der Waals surface area (Å²) in [6.07, 6.45) is 1.17. The highest BCUT2D eigenvalue weighted by Crippen LogP contribution is 2.50. The summed E-state index contributed by atoms with van der Waals surface area (Å²) in [5.41, 5.74) is 0.990. The van der Waals surface area contributed by atoms with Crippen LogP contribution in [0.4, 0.5) is 0 Å². The van der Waals surface area contributed by atoms with Crippen molar-refractivity contribution in [3.63, 3.8) is 0 Å². The highest BCUT2D eigenvalue weighted by molar-refractivity contribution is 5.08. The summed E-state index contributed by atoms with van der Waals surface area (Å²) >= 11 is 0. The molecule has 2 heterocycles. The Labute approximate surface area is 99.7 Å². The van der Waals surface area contributed by atoms with E-state index < -0.39 is 0 Å². The summed E-state index contributed by atoms with van der Waals surface area (Å²) in [5.74, 6) is 0. The first-order valence-corrected chi connectivity index (χ1v) is 6.39. The van der Waals surface area contributed by atoms with Gasteiger partial charge in [0.1, 0.15) is 0 Å². The highest BCUT2D eigenvalue weighted by Gasteiger charge is 2.56. The number of ether oxygens (including phenoxy) is 1. The molecule has 0 aromatic heterocycles. The van der Waals surface area contributed by atoms with Crippen molar-refractivity contribution in [2.24, 2.45) is 10.8 Å². The Hall–Kier alpha value is -0.120. The largest absolute Gasteiger partial charge is 0.385 e. The molecule has 3 heteroatoms. The van der Waals surface area contributed by atoms with Crippen LogP contribution in [-0.2, 0) is 4.74 Å². The Morgan fingerprint density at radius 1 is 1.06 bits per heavy atom. The van der Waals surface area contributed by atoms with E-state index in [4.69, 9.17) is 4.74 Å². The monoisotopic (exact) mass is 226 g/mol. The zero-order valence-corrected chi connectivity index (χ0v) is 11.3. The van der Waals surface area contributed by atoms with Crippen LogP contribution in [0.5, 0.6) is 0 Å². The van der Waals surface area contributed by atoms with Gasteiger partial charge in [-0.05, 0) is 13.5 Å². The van der Waals surface area contributed by atoms with E-state index in [9.17, 15) is 0 Å². The molecule has 0 radical (unpaired) electrons. The first-order valence-electron chi connectivity index (χ1n) is 6.39. The molecule has 2 fully saturated rings. The smallest absolute Gasteiger partial charge is 0.0474 e. The summed E-state index contributed by atoms with van der Waals surface area (Å²) < 4.78 is 5.13. The number of hydrogen-bond donors (Lipinski definition) is 0. The van der Waals surface area contributed by atoms with Crippen LogP contribution >= 0.6 is 0 Å². The lowest BCUT2D eigenvalue weighted by molar-refractivity contribution is 0.171. The van der Waals surface area contributed by atoms with Gasteiger partial charge in [-0.2, -0.15) is 0 Å². The summed E-state index contributed by atoms with van der Waals surface area (Å²) in [4.78, 5) is 5.12. The standard InChI is InChI=1S/C13H26N2O/c1-12-8-14(3)9-13(12,2)11-15(10-12)6-5-7-16-4/h5-11H2,1-4H3/t12-,13+. The van der Waals surface area contributed by atoms with Crippen molar-refractivity contribution in [2.45, 2.75) is 20.3 Å². The third kappa shape index (κ3) is 2.01. The van der Waals surface area contributed by atoms with Gasteiger partial charge < -0.3 is 14.5 Å². The summed E-state index contributed by atoms with van der Waals surface area (Å²) in [5, 5.41) is 0. The molecule has 0 amide bonds. The fourth-order valence-corrected chi connectivity index (χ4v) is 3.74. The van der Waals surface area contributed by atoms with Crippen LogP contribution in [0.2, 0.25) is 0 Å². The zero-order valence-electron chi connectivity index (χ0n) is 11.3. The van der Waals surface area contributed by atoms with Crippen molar-refractivity contribution in [3.05, 3.63) is 0 Å². The van der Waals surface area contributed by atoms with E-state index in [1.165, 1.54) is 39.1 Å². The molecule has 0 aromatic carbocycles. The molecule has 3 nitrogen and oxygen atoms in total. The molecule has 2 aliphatic heterocycles. The van der Waals surface area contributed by atoms with E-state index in [0.29, 0.717) is 10.8 Å². The quantitative estimate of drug-likeness (QED) is 0.672. The van der Waals surface area contributed by atoms with Gasteiger partial charge in [-0.15, -0.1) is 0 Å². The summed E-state index contributed by atoms with van der Waals surface area (Å²) in [6, 6.07) is 0. The molecule has 16 heavy (non-hydrogen) atoms. The van der Waals surface area contributed by atoms with Gasteiger partial charge in [0.15, 0.2) is 0 Å². The molecule has 0 aliphatic carbocycles. The molecule has 2 aliphatic rings. The van der Waals surface area contributed by atoms with E-state index in [1.807, 2.05) is 0 Å². The van der Waals surface area contributed by atoms with Crippen molar-refractivity contribution in [1.29, 1.82) is 0 Å². The van der Waals surface area contributed by atoms with E-state index in [1.54, 1.807) is 7.11 Å². The van der Waals surface area contributed by atoms with E-state index in [-0.39, 0.29) is 0 Å². The Morgan fingerprint density at radius 3 is 2.12 bits per heavy atom. The number of nitrogens with zero attached hydrogens (tertiary/aromatic N) is 2. The normalized spacial score (nSPS) is 40.5. The fourth-order valence-electron chi connectivity index (χ4n) is 3.74. The predicted molar refractivity (Wildman–Crippen MR) is 66.6 cm³/mol. The molecular formula is C13H26N2O. The average Bonchev–Trinajstić information content (AvgIpc) is 2.49. The van der Waals surface area contributed by atoms with E-state index >= 15 is 0 Å². The maximum Gasteiger partial charge on any atom is 0.0474 e. The number of methoxy groups -OCH3 is 1. The maximum atomic E-state index is 5.13. The van der Waals surface area contributed by atoms with Crippen molar-refractivity contribution in [1.82, 2.24) is 9.80 Å². The van der Waals surface area contributed by atoms with Crippen LogP contribution < -0.4 is 0 Å². The van der Waals surface area contributed by atoms with E-state index in [2.05, 4.69) is 30.7 Å².